The maximum atomic E-state index is 13.2. The Morgan fingerprint density at radius 1 is 1.24 bits per heavy atom. The van der Waals surface area contributed by atoms with Crippen LogP contribution in [0, 0.1) is 5.92 Å². The molecule has 1 atom stereocenters. The van der Waals surface area contributed by atoms with Crippen LogP contribution in [0.4, 0.5) is 8.78 Å². The lowest BCUT2D eigenvalue weighted by Crippen LogP contribution is -2.12. The van der Waals surface area contributed by atoms with Gasteiger partial charge in [-0.05, 0) is 13.3 Å². The highest BCUT2D eigenvalue weighted by Gasteiger charge is 2.15. The average Bonchev–Trinajstić information content (AvgIpc) is 2.34. The molecule has 0 aliphatic carbocycles. The van der Waals surface area contributed by atoms with E-state index in [1.807, 2.05) is 0 Å². The number of ether oxygens (including phenoxy) is 1. The third-order valence-electron chi connectivity index (χ3n) is 2.08. The summed E-state index contributed by atoms with van der Waals surface area (Å²) in [4.78, 5) is 19.8. The molecule has 0 aromatic rings. The molecule has 4 nitrogen and oxygen atoms in total. The van der Waals surface area contributed by atoms with Gasteiger partial charge in [-0.1, -0.05) is 6.92 Å². The molecule has 100 valence electrons. The SMILES string of the molecule is CCOOCC(F)=C(F)CCC(C)C(=O)OC. The summed E-state index contributed by atoms with van der Waals surface area (Å²) < 4.78 is 30.7. The summed E-state index contributed by atoms with van der Waals surface area (Å²) in [6.45, 7) is 2.95. The molecule has 6 heteroatoms. The van der Waals surface area contributed by atoms with Gasteiger partial charge in [0, 0.05) is 6.42 Å². The third kappa shape index (κ3) is 7.01. The van der Waals surface area contributed by atoms with Crippen LogP contribution in [-0.2, 0) is 19.3 Å². The Morgan fingerprint density at radius 3 is 2.41 bits per heavy atom. The van der Waals surface area contributed by atoms with E-state index < -0.39 is 30.1 Å². The normalized spacial score (nSPS) is 14.2. The highest BCUT2D eigenvalue weighted by molar-refractivity contribution is 5.71. The van der Waals surface area contributed by atoms with Crippen LogP contribution in [0.2, 0.25) is 0 Å². The minimum Gasteiger partial charge on any atom is -0.469 e. The molecule has 0 N–H and O–H groups in total. The Bertz CT molecular complexity index is 266. The van der Waals surface area contributed by atoms with E-state index in [0.29, 0.717) is 0 Å². The van der Waals surface area contributed by atoms with Gasteiger partial charge >= 0.3 is 5.97 Å². The molecule has 0 saturated carbocycles. The van der Waals surface area contributed by atoms with E-state index >= 15 is 0 Å². The zero-order chi connectivity index (χ0) is 13.3. The van der Waals surface area contributed by atoms with Gasteiger partial charge in [0.2, 0.25) is 0 Å². The van der Waals surface area contributed by atoms with Gasteiger partial charge in [-0.25, -0.2) is 18.6 Å². The Balaban J connectivity index is 4.01. The van der Waals surface area contributed by atoms with E-state index in [2.05, 4.69) is 14.5 Å². The molecule has 0 rings (SSSR count). The van der Waals surface area contributed by atoms with Crippen molar-refractivity contribution in [1.82, 2.24) is 0 Å². The Morgan fingerprint density at radius 2 is 1.88 bits per heavy atom. The summed E-state index contributed by atoms with van der Waals surface area (Å²) in [6.07, 6.45) is 0.0121. The summed E-state index contributed by atoms with van der Waals surface area (Å²) in [5.74, 6) is -2.86. The average molecular weight is 252 g/mol. The van der Waals surface area contributed by atoms with Gasteiger partial charge in [-0.15, -0.1) is 0 Å². The molecule has 0 bridgehead atoms. The number of esters is 1. The first kappa shape index (κ1) is 16.0. The van der Waals surface area contributed by atoms with Crippen LogP contribution in [0.1, 0.15) is 26.7 Å². The van der Waals surface area contributed by atoms with Crippen LogP contribution in [-0.4, -0.2) is 26.3 Å². The first-order chi connectivity index (χ1) is 8.02. The second kappa shape index (κ2) is 9.07. The lowest BCUT2D eigenvalue weighted by molar-refractivity contribution is -0.286. The monoisotopic (exact) mass is 252 g/mol. The van der Waals surface area contributed by atoms with Crippen molar-refractivity contribution in [2.24, 2.45) is 5.92 Å². The van der Waals surface area contributed by atoms with Crippen molar-refractivity contribution < 1.29 is 28.1 Å². The lowest BCUT2D eigenvalue weighted by atomic mass is 10.1. The number of carbonyl (C=O) groups excluding carboxylic acids is 1. The highest BCUT2D eigenvalue weighted by atomic mass is 19.2. The summed E-state index contributed by atoms with van der Waals surface area (Å²) in [5.41, 5.74) is 0. The molecule has 0 spiro atoms. The van der Waals surface area contributed by atoms with Crippen molar-refractivity contribution in [2.75, 3.05) is 20.3 Å². The third-order valence-corrected chi connectivity index (χ3v) is 2.08. The second-order valence-corrected chi connectivity index (χ2v) is 3.44. The maximum absolute atomic E-state index is 13.2. The first-order valence-corrected chi connectivity index (χ1v) is 5.38. The molecular weight excluding hydrogens is 234 g/mol. The molecule has 0 fully saturated rings. The maximum Gasteiger partial charge on any atom is 0.308 e. The second-order valence-electron chi connectivity index (χ2n) is 3.44. The number of methoxy groups -OCH3 is 1. The summed E-state index contributed by atoms with van der Waals surface area (Å²) in [7, 11) is 1.25. The molecule has 0 aromatic heterocycles. The van der Waals surface area contributed by atoms with Gasteiger partial charge in [0.1, 0.15) is 12.4 Å². The fourth-order valence-electron chi connectivity index (χ4n) is 1.05. The van der Waals surface area contributed by atoms with Gasteiger partial charge in [-0.2, -0.15) is 0 Å². The zero-order valence-corrected chi connectivity index (χ0v) is 10.3. The summed E-state index contributed by atoms with van der Waals surface area (Å²) >= 11 is 0. The first-order valence-electron chi connectivity index (χ1n) is 5.38. The van der Waals surface area contributed by atoms with Gasteiger partial charge in [0.25, 0.3) is 0 Å². The van der Waals surface area contributed by atoms with E-state index in [1.54, 1.807) is 13.8 Å². The topological polar surface area (TPSA) is 44.8 Å². The van der Waals surface area contributed by atoms with Crippen molar-refractivity contribution in [2.45, 2.75) is 26.7 Å². The molecule has 17 heavy (non-hydrogen) atoms. The van der Waals surface area contributed by atoms with E-state index in [4.69, 9.17) is 0 Å². The number of halogens is 2. The van der Waals surface area contributed by atoms with Gasteiger partial charge in [-0.3, -0.25) is 4.79 Å². The fourth-order valence-corrected chi connectivity index (χ4v) is 1.05. The summed E-state index contributed by atoms with van der Waals surface area (Å²) in [5, 5.41) is 0. The molecule has 0 aromatic carbocycles. The van der Waals surface area contributed by atoms with Crippen molar-refractivity contribution in [1.29, 1.82) is 0 Å². The predicted octanol–water partition coefficient (Wildman–Crippen LogP) is 2.69. The van der Waals surface area contributed by atoms with Crippen molar-refractivity contribution >= 4 is 5.97 Å². The molecule has 0 radical (unpaired) electrons. The molecule has 0 aliphatic rings. The fraction of sp³-hybridized carbons (Fsp3) is 0.727. The Labute approximate surface area is 99.5 Å². The molecule has 0 heterocycles. The Kier molecular flexibility index (Phi) is 8.53. The van der Waals surface area contributed by atoms with Crippen molar-refractivity contribution in [3.63, 3.8) is 0 Å². The van der Waals surface area contributed by atoms with Crippen LogP contribution >= 0.6 is 0 Å². The van der Waals surface area contributed by atoms with Gasteiger partial charge in [0.15, 0.2) is 5.83 Å². The van der Waals surface area contributed by atoms with Crippen LogP contribution in [0.25, 0.3) is 0 Å². The zero-order valence-electron chi connectivity index (χ0n) is 10.3. The van der Waals surface area contributed by atoms with E-state index in [9.17, 15) is 13.6 Å². The van der Waals surface area contributed by atoms with E-state index in [1.165, 1.54) is 7.11 Å². The number of carbonyl (C=O) groups is 1. The van der Waals surface area contributed by atoms with Crippen LogP contribution in [0.3, 0.4) is 0 Å². The Hall–Kier alpha value is -1.01. The summed E-state index contributed by atoms with van der Waals surface area (Å²) in [6, 6.07) is 0. The van der Waals surface area contributed by atoms with Crippen LogP contribution < -0.4 is 0 Å². The lowest BCUT2D eigenvalue weighted by Gasteiger charge is -2.08. The molecular formula is C11H18F2O4. The number of hydrogen-bond donors (Lipinski definition) is 0. The van der Waals surface area contributed by atoms with Gasteiger partial charge in [0.05, 0.1) is 19.6 Å². The van der Waals surface area contributed by atoms with Crippen molar-refractivity contribution in [3.05, 3.63) is 11.7 Å². The number of hydrogen-bond acceptors (Lipinski definition) is 4. The van der Waals surface area contributed by atoms with E-state index in [0.717, 1.165) is 0 Å². The molecule has 0 saturated heterocycles. The predicted molar refractivity (Wildman–Crippen MR) is 57.2 cm³/mol. The molecule has 0 amide bonds. The van der Waals surface area contributed by atoms with Crippen LogP contribution in [0.5, 0.6) is 0 Å². The highest BCUT2D eigenvalue weighted by Crippen LogP contribution is 2.18. The smallest absolute Gasteiger partial charge is 0.308 e. The van der Waals surface area contributed by atoms with Gasteiger partial charge < -0.3 is 4.74 Å². The van der Waals surface area contributed by atoms with Crippen molar-refractivity contribution in [3.8, 4) is 0 Å². The minimum absolute atomic E-state index is 0.169. The molecule has 1 unspecified atom stereocenters. The van der Waals surface area contributed by atoms with Crippen LogP contribution in [0.15, 0.2) is 11.7 Å². The largest absolute Gasteiger partial charge is 0.469 e. The number of rotatable bonds is 8. The molecule has 0 aliphatic heterocycles. The van der Waals surface area contributed by atoms with E-state index in [-0.39, 0.29) is 19.4 Å². The quantitative estimate of drug-likeness (QED) is 0.288. The number of allylic oxidation sites excluding steroid dienone is 1. The standard InChI is InChI=1S/C11H18F2O4/c1-4-16-17-7-10(13)9(12)6-5-8(2)11(14)15-3/h8H,4-7H2,1-3H3. The minimum atomic E-state index is -1.02.